The van der Waals surface area contributed by atoms with Gasteiger partial charge in [-0.05, 0) is 45.9 Å². The van der Waals surface area contributed by atoms with Crippen LogP contribution in [0.4, 0.5) is 0 Å². The molecule has 4 aromatic rings. The van der Waals surface area contributed by atoms with E-state index in [1.807, 2.05) is 84.9 Å². The third-order valence-corrected chi connectivity index (χ3v) is 10.3. The van der Waals surface area contributed by atoms with Crippen molar-refractivity contribution in [3.63, 3.8) is 0 Å². The predicted molar refractivity (Wildman–Crippen MR) is 218 cm³/mol. The van der Waals surface area contributed by atoms with E-state index in [1.165, 1.54) is 0 Å². The molecule has 58 heavy (non-hydrogen) atoms. The molecule has 10 heteroatoms. The lowest BCUT2D eigenvalue weighted by molar-refractivity contribution is -0.146. The Morgan fingerprint density at radius 2 is 0.897 bits per heavy atom. The maximum atomic E-state index is 13.0. The molecule has 0 N–H and O–H groups in total. The molecule has 2 unspecified atom stereocenters. The van der Waals surface area contributed by atoms with Crippen LogP contribution in [0.15, 0.2) is 84.9 Å². The number of carbonyl (C=O) groups is 4. The third kappa shape index (κ3) is 10.4. The molecule has 6 rings (SSSR count). The van der Waals surface area contributed by atoms with Crippen LogP contribution in [0.25, 0.3) is 0 Å². The van der Waals surface area contributed by atoms with Crippen molar-refractivity contribution in [2.75, 3.05) is 39.6 Å². The van der Waals surface area contributed by atoms with Gasteiger partial charge < -0.3 is 28.4 Å². The van der Waals surface area contributed by atoms with Gasteiger partial charge in [-0.25, -0.2) is 0 Å². The molecule has 2 aliphatic rings. The molecule has 0 fully saturated rings. The number of esters is 4. The van der Waals surface area contributed by atoms with Crippen LogP contribution in [0.1, 0.15) is 111 Å². The molecule has 0 saturated carbocycles. The Bertz CT molecular complexity index is 1940. The van der Waals surface area contributed by atoms with Gasteiger partial charge in [0.1, 0.15) is 36.5 Å². The van der Waals surface area contributed by atoms with Crippen LogP contribution in [0, 0.1) is 0 Å². The van der Waals surface area contributed by atoms with Crippen molar-refractivity contribution in [1.82, 2.24) is 0 Å². The van der Waals surface area contributed by atoms with E-state index in [0.717, 1.165) is 44.5 Å². The average molecular weight is 791 g/mol. The lowest BCUT2D eigenvalue weighted by Gasteiger charge is -2.23. The molecule has 0 amide bonds. The number of hydrogen-bond donors (Lipinski definition) is 0. The fourth-order valence-corrected chi connectivity index (χ4v) is 7.37. The van der Waals surface area contributed by atoms with E-state index < -0.39 is 11.8 Å². The second kappa shape index (κ2) is 18.5. The Balaban J connectivity index is 0.869. The predicted octanol–water partition coefficient (Wildman–Crippen LogP) is 8.07. The Hall–Kier alpha value is -5.32. The van der Waals surface area contributed by atoms with Crippen LogP contribution < -0.4 is 9.47 Å². The molecular formula is C48H54O10. The van der Waals surface area contributed by atoms with E-state index in [-0.39, 0.29) is 74.0 Å². The zero-order valence-electron chi connectivity index (χ0n) is 34.4. The average Bonchev–Trinajstić information content (AvgIpc) is 3.70. The fourth-order valence-electron chi connectivity index (χ4n) is 7.37. The van der Waals surface area contributed by atoms with Gasteiger partial charge in [-0.3, -0.25) is 19.2 Å². The summed E-state index contributed by atoms with van der Waals surface area (Å²) >= 11 is 0. The van der Waals surface area contributed by atoms with Crippen molar-refractivity contribution >= 4 is 23.9 Å². The molecule has 2 atom stereocenters. The van der Waals surface area contributed by atoms with E-state index in [2.05, 4.69) is 41.5 Å². The van der Waals surface area contributed by atoms with Gasteiger partial charge in [0, 0.05) is 35.1 Å². The number of rotatable bonds is 17. The quantitative estimate of drug-likeness (QED) is 0.0590. The first kappa shape index (κ1) is 42.3. The van der Waals surface area contributed by atoms with E-state index in [1.54, 1.807) is 0 Å². The largest absolute Gasteiger partial charge is 0.463 e. The van der Waals surface area contributed by atoms with Crippen LogP contribution in [-0.2, 0) is 61.8 Å². The summed E-state index contributed by atoms with van der Waals surface area (Å²) in [5, 5.41) is 0. The topological polar surface area (TPSA) is 124 Å². The first-order valence-corrected chi connectivity index (χ1v) is 20.1. The molecule has 0 saturated heterocycles. The highest BCUT2D eigenvalue weighted by Gasteiger charge is 2.40. The molecular weight excluding hydrogens is 737 g/mol. The molecule has 2 aliphatic heterocycles. The van der Waals surface area contributed by atoms with Crippen molar-refractivity contribution < 1.29 is 47.6 Å². The Labute approximate surface area is 341 Å². The van der Waals surface area contributed by atoms with Crippen molar-refractivity contribution in [3.8, 4) is 11.5 Å². The Morgan fingerprint density at radius 3 is 1.26 bits per heavy atom. The van der Waals surface area contributed by atoms with Gasteiger partial charge >= 0.3 is 23.9 Å². The Kier molecular flexibility index (Phi) is 13.5. The van der Waals surface area contributed by atoms with Gasteiger partial charge in [0.05, 0.1) is 26.4 Å². The number of fused-ring (bicyclic) bond motifs is 2. The molecule has 0 aliphatic carbocycles. The van der Waals surface area contributed by atoms with Crippen LogP contribution in [0.2, 0.25) is 0 Å². The number of hydrogen-bond acceptors (Lipinski definition) is 10. The minimum Gasteiger partial charge on any atom is -0.463 e. The SMILES string of the molecule is CC(C)(C)c1cc(CCC(=O)OCCOCCOCCOC(=O)CCc2cc3c(c(C(C)(C)C)c2)OC(=O)C3c2ccccc2)cc2c1OC(=O)C2c1ccccc1. The minimum atomic E-state index is -0.505. The van der Waals surface area contributed by atoms with Gasteiger partial charge in [0.2, 0.25) is 0 Å². The molecule has 306 valence electrons. The fraction of sp³-hybridized carbons (Fsp3) is 0.417. The molecule has 10 nitrogen and oxygen atoms in total. The lowest BCUT2D eigenvalue weighted by atomic mass is 9.81. The zero-order chi connectivity index (χ0) is 41.5. The summed E-state index contributed by atoms with van der Waals surface area (Å²) in [4.78, 5) is 51.2. The van der Waals surface area contributed by atoms with Crippen molar-refractivity contribution in [1.29, 1.82) is 0 Å². The summed E-state index contributed by atoms with van der Waals surface area (Å²) in [6.45, 7) is 13.7. The van der Waals surface area contributed by atoms with Gasteiger partial charge in [-0.2, -0.15) is 0 Å². The normalized spacial score (nSPS) is 16.0. The van der Waals surface area contributed by atoms with Crippen LogP contribution >= 0.6 is 0 Å². The van der Waals surface area contributed by atoms with E-state index in [4.69, 9.17) is 28.4 Å². The molecule has 0 aromatic heterocycles. The summed E-state index contributed by atoms with van der Waals surface area (Å²) in [6, 6.07) is 27.2. The highest BCUT2D eigenvalue weighted by atomic mass is 16.6. The smallest absolute Gasteiger partial charge is 0.323 e. The monoisotopic (exact) mass is 790 g/mol. The standard InChI is InChI=1S/C48H54O10/c1-47(2,3)37-29-31(27-35-41(45(51)57-43(35)37)33-13-9-7-10-14-33)17-19-39(49)55-25-23-53-21-22-54-24-26-56-40(50)20-18-32-28-36-42(34-15-11-8-12-16-34)46(52)58-44(36)38(30-32)48(4,5)6/h7-16,27-30,41-42H,17-26H2,1-6H3. The Morgan fingerprint density at radius 1 is 0.534 bits per heavy atom. The first-order chi connectivity index (χ1) is 27.7. The van der Waals surface area contributed by atoms with Crippen LogP contribution in [0.3, 0.4) is 0 Å². The molecule has 4 aromatic carbocycles. The van der Waals surface area contributed by atoms with Crippen LogP contribution in [0.5, 0.6) is 11.5 Å². The number of carbonyl (C=O) groups excluding carboxylic acids is 4. The van der Waals surface area contributed by atoms with Gasteiger partial charge in [-0.15, -0.1) is 0 Å². The van der Waals surface area contributed by atoms with E-state index in [0.29, 0.717) is 37.6 Å². The molecule has 0 bridgehead atoms. The maximum absolute atomic E-state index is 13.0. The summed E-state index contributed by atoms with van der Waals surface area (Å²) in [7, 11) is 0. The van der Waals surface area contributed by atoms with Crippen LogP contribution in [-0.4, -0.2) is 63.5 Å². The minimum absolute atomic E-state index is 0.115. The van der Waals surface area contributed by atoms with Gasteiger partial charge in [0.15, 0.2) is 0 Å². The lowest BCUT2D eigenvalue weighted by Crippen LogP contribution is -2.16. The summed E-state index contributed by atoms with van der Waals surface area (Å²) in [6.07, 6.45) is 1.29. The first-order valence-electron chi connectivity index (χ1n) is 20.1. The van der Waals surface area contributed by atoms with Crippen molar-refractivity contribution in [2.24, 2.45) is 0 Å². The third-order valence-electron chi connectivity index (χ3n) is 10.3. The number of aryl methyl sites for hydroxylation is 2. The highest BCUT2D eigenvalue weighted by molar-refractivity contribution is 5.91. The van der Waals surface area contributed by atoms with Gasteiger partial charge in [-0.1, -0.05) is 126 Å². The number of ether oxygens (including phenoxy) is 6. The molecule has 0 spiro atoms. The number of benzene rings is 4. The second-order valence-corrected chi connectivity index (χ2v) is 16.8. The second-order valence-electron chi connectivity index (χ2n) is 16.8. The van der Waals surface area contributed by atoms with E-state index >= 15 is 0 Å². The van der Waals surface area contributed by atoms with Crippen molar-refractivity contribution in [3.05, 3.63) is 129 Å². The molecule has 0 radical (unpaired) electrons. The van der Waals surface area contributed by atoms with Gasteiger partial charge in [0.25, 0.3) is 0 Å². The van der Waals surface area contributed by atoms with Crippen molar-refractivity contribution in [2.45, 2.75) is 89.9 Å². The summed E-state index contributed by atoms with van der Waals surface area (Å²) in [5.41, 5.74) is 6.62. The summed E-state index contributed by atoms with van der Waals surface area (Å²) < 4.78 is 33.5. The highest BCUT2D eigenvalue weighted by Crippen LogP contribution is 2.47. The zero-order valence-corrected chi connectivity index (χ0v) is 34.4. The maximum Gasteiger partial charge on any atom is 0.323 e. The van der Waals surface area contributed by atoms with E-state index in [9.17, 15) is 19.2 Å². The molecule has 2 heterocycles. The summed E-state index contributed by atoms with van der Waals surface area (Å²) in [5.74, 6) is -1.03.